The number of carbonyl (C=O) groups excluding carboxylic acids is 1. The number of hydrogen-bond acceptors (Lipinski definition) is 3. The van der Waals surface area contributed by atoms with E-state index in [0.717, 1.165) is 12.1 Å². The zero-order chi connectivity index (χ0) is 16.9. The number of nitrogens with zero attached hydrogens (tertiary/aromatic N) is 2. The van der Waals surface area contributed by atoms with Crippen LogP contribution in [0.4, 0.5) is 13.2 Å². The molecule has 0 aliphatic rings. The van der Waals surface area contributed by atoms with E-state index in [1.807, 2.05) is 0 Å². The summed E-state index contributed by atoms with van der Waals surface area (Å²) in [7, 11) is 0. The second kappa shape index (κ2) is 7.08. The Kier molecular flexibility index (Phi) is 5.15. The van der Waals surface area contributed by atoms with Gasteiger partial charge in [-0.1, -0.05) is 12.1 Å². The number of amides is 1. The number of rotatable bonds is 5. The minimum atomic E-state index is -4.59. The predicted molar refractivity (Wildman–Crippen MR) is 76.9 cm³/mol. The largest absolute Gasteiger partial charge is 0.417 e. The number of alkyl halides is 3. The Bertz CT molecular complexity index is 741. The van der Waals surface area contributed by atoms with Crippen molar-refractivity contribution in [2.24, 2.45) is 0 Å². The van der Waals surface area contributed by atoms with Crippen molar-refractivity contribution in [3.05, 3.63) is 64.1 Å². The summed E-state index contributed by atoms with van der Waals surface area (Å²) >= 11 is 0. The van der Waals surface area contributed by atoms with Crippen LogP contribution in [0.25, 0.3) is 0 Å². The van der Waals surface area contributed by atoms with E-state index < -0.39 is 23.2 Å². The number of benzene rings is 1. The van der Waals surface area contributed by atoms with Gasteiger partial charge in [-0.15, -0.1) is 0 Å². The fourth-order valence-corrected chi connectivity index (χ4v) is 2.01. The van der Waals surface area contributed by atoms with Gasteiger partial charge in [0.05, 0.1) is 11.1 Å². The lowest BCUT2D eigenvalue weighted by atomic mass is 10.1. The summed E-state index contributed by atoms with van der Waals surface area (Å²) in [5.41, 5.74) is -1.67. The van der Waals surface area contributed by atoms with Crippen molar-refractivity contribution in [2.45, 2.75) is 19.1 Å². The molecular formula is C15H14F3N3O2. The third kappa shape index (κ3) is 4.41. The van der Waals surface area contributed by atoms with E-state index in [2.05, 4.69) is 10.4 Å². The van der Waals surface area contributed by atoms with Gasteiger partial charge in [-0.2, -0.15) is 18.3 Å². The highest BCUT2D eigenvalue weighted by molar-refractivity contribution is 5.95. The van der Waals surface area contributed by atoms with E-state index in [1.54, 1.807) is 0 Å². The van der Waals surface area contributed by atoms with E-state index in [0.29, 0.717) is 6.42 Å². The number of aryl methyl sites for hydroxylation is 1. The molecule has 1 heterocycles. The highest BCUT2D eigenvalue weighted by atomic mass is 19.4. The number of carbonyl (C=O) groups is 1. The minimum absolute atomic E-state index is 0.133. The third-order valence-corrected chi connectivity index (χ3v) is 3.09. The average Bonchev–Trinajstić information content (AvgIpc) is 2.52. The van der Waals surface area contributed by atoms with Crippen LogP contribution in [0.2, 0.25) is 0 Å². The monoisotopic (exact) mass is 325 g/mol. The maximum atomic E-state index is 12.8. The number of aromatic nitrogens is 2. The van der Waals surface area contributed by atoms with Crippen LogP contribution in [0.15, 0.2) is 47.4 Å². The van der Waals surface area contributed by atoms with Crippen molar-refractivity contribution in [1.29, 1.82) is 0 Å². The van der Waals surface area contributed by atoms with Gasteiger partial charge in [0.15, 0.2) is 0 Å². The minimum Gasteiger partial charge on any atom is -0.352 e. The van der Waals surface area contributed by atoms with Crippen LogP contribution in [0, 0.1) is 0 Å². The van der Waals surface area contributed by atoms with Crippen molar-refractivity contribution in [3.63, 3.8) is 0 Å². The molecular weight excluding hydrogens is 311 g/mol. The number of hydrogen-bond donors (Lipinski definition) is 1. The predicted octanol–water partition coefficient (Wildman–Crippen LogP) is 2.08. The molecule has 8 heteroatoms. The fraction of sp³-hybridized carbons (Fsp3) is 0.267. The molecule has 1 amide bonds. The molecule has 1 aromatic heterocycles. The molecule has 5 nitrogen and oxygen atoms in total. The Labute approximate surface area is 129 Å². The number of halogens is 3. The van der Waals surface area contributed by atoms with E-state index >= 15 is 0 Å². The zero-order valence-corrected chi connectivity index (χ0v) is 12.0. The molecule has 1 N–H and O–H groups in total. The molecule has 0 bridgehead atoms. The van der Waals surface area contributed by atoms with Crippen LogP contribution in [0.1, 0.15) is 22.3 Å². The van der Waals surface area contributed by atoms with E-state index in [9.17, 15) is 22.8 Å². The maximum Gasteiger partial charge on any atom is 0.417 e. The molecule has 0 fully saturated rings. The van der Waals surface area contributed by atoms with E-state index in [4.69, 9.17) is 0 Å². The first kappa shape index (κ1) is 16.7. The van der Waals surface area contributed by atoms with Crippen LogP contribution in [-0.4, -0.2) is 22.2 Å². The summed E-state index contributed by atoms with van der Waals surface area (Å²) in [6.07, 6.45) is -2.76. The van der Waals surface area contributed by atoms with Crippen molar-refractivity contribution in [2.75, 3.05) is 6.54 Å². The Morgan fingerprint density at radius 3 is 2.61 bits per heavy atom. The van der Waals surface area contributed by atoms with Gasteiger partial charge in [-0.3, -0.25) is 9.59 Å². The van der Waals surface area contributed by atoms with Crippen molar-refractivity contribution in [1.82, 2.24) is 15.1 Å². The molecule has 23 heavy (non-hydrogen) atoms. The maximum absolute atomic E-state index is 12.8. The van der Waals surface area contributed by atoms with Gasteiger partial charge in [-0.05, 0) is 24.6 Å². The summed E-state index contributed by atoms with van der Waals surface area (Å²) in [4.78, 5) is 23.3. The molecule has 2 rings (SSSR count). The van der Waals surface area contributed by atoms with Crippen LogP contribution < -0.4 is 10.9 Å². The average molecular weight is 325 g/mol. The van der Waals surface area contributed by atoms with Gasteiger partial charge in [-0.25, -0.2) is 4.68 Å². The second-order valence-corrected chi connectivity index (χ2v) is 4.74. The Morgan fingerprint density at radius 2 is 1.91 bits per heavy atom. The summed E-state index contributed by atoms with van der Waals surface area (Å²) < 4.78 is 39.7. The van der Waals surface area contributed by atoms with Gasteiger partial charge in [0.1, 0.15) is 0 Å². The molecule has 0 aliphatic carbocycles. The highest BCUT2D eigenvalue weighted by Gasteiger charge is 2.34. The normalized spacial score (nSPS) is 11.3. The molecule has 1 aromatic carbocycles. The topological polar surface area (TPSA) is 64.0 Å². The first-order valence-corrected chi connectivity index (χ1v) is 6.86. The van der Waals surface area contributed by atoms with Crippen molar-refractivity contribution < 1.29 is 18.0 Å². The van der Waals surface area contributed by atoms with Gasteiger partial charge < -0.3 is 5.32 Å². The van der Waals surface area contributed by atoms with Gasteiger partial charge in [0, 0.05) is 25.4 Å². The Balaban J connectivity index is 1.94. The standard InChI is InChI=1S/C15H14F3N3O2/c16-15(17,18)12-6-2-1-5-11(12)14(23)19-8-4-10-21-13(22)7-3-9-20-21/h1-3,5-7,9H,4,8,10H2,(H,19,23). The van der Waals surface area contributed by atoms with Crippen LogP contribution in [0.5, 0.6) is 0 Å². The smallest absolute Gasteiger partial charge is 0.352 e. The lowest BCUT2D eigenvalue weighted by Crippen LogP contribution is -2.29. The molecule has 122 valence electrons. The Morgan fingerprint density at radius 1 is 1.17 bits per heavy atom. The molecule has 0 atom stereocenters. The second-order valence-electron chi connectivity index (χ2n) is 4.74. The van der Waals surface area contributed by atoms with Gasteiger partial charge >= 0.3 is 6.18 Å². The summed E-state index contributed by atoms with van der Waals surface area (Å²) in [5.74, 6) is -0.800. The Hall–Kier alpha value is -2.64. The number of nitrogens with one attached hydrogen (secondary N) is 1. The first-order valence-electron chi connectivity index (χ1n) is 6.86. The lowest BCUT2D eigenvalue weighted by Gasteiger charge is -2.12. The highest BCUT2D eigenvalue weighted by Crippen LogP contribution is 2.31. The SMILES string of the molecule is O=C(NCCCn1ncccc1=O)c1ccccc1C(F)(F)F. The van der Waals surface area contributed by atoms with Crippen molar-refractivity contribution >= 4 is 5.91 Å². The molecule has 0 unspecified atom stereocenters. The fourth-order valence-electron chi connectivity index (χ4n) is 2.01. The van der Waals surface area contributed by atoms with Gasteiger partial charge in [0.25, 0.3) is 11.5 Å². The first-order chi connectivity index (χ1) is 10.9. The zero-order valence-electron chi connectivity index (χ0n) is 12.0. The summed E-state index contributed by atoms with van der Waals surface area (Å²) in [5, 5.41) is 6.26. The lowest BCUT2D eigenvalue weighted by molar-refractivity contribution is -0.137. The molecule has 0 spiro atoms. The molecule has 2 aromatic rings. The van der Waals surface area contributed by atoms with Crippen molar-refractivity contribution in [3.8, 4) is 0 Å². The molecule has 0 aliphatic heterocycles. The summed E-state index contributed by atoms with van der Waals surface area (Å²) in [6, 6.07) is 7.45. The van der Waals surface area contributed by atoms with Crippen LogP contribution in [0.3, 0.4) is 0 Å². The van der Waals surface area contributed by atoms with E-state index in [-0.39, 0.29) is 18.6 Å². The summed E-state index contributed by atoms with van der Waals surface area (Å²) in [6.45, 7) is 0.398. The van der Waals surface area contributed by atoms with Crippen LogP contribution >= 0.6 is 0 Å². The quantitative estimate of drug-likeness (QED) is 0.856. The third-order valence-electron chi connectivity index (χ3n) is 3.09. The van der Waals surface area contributed by atoms with E-state index in [1.165, 1.54) is 35.1 Å². The van der Waals surface area contributed by atoms with Gasteiger partial charge in [0.2, 0.25) is 0 Å². The molecule has 0 saturated heterocycles. The molecule has 0 saturated carbocycles. The van der Waals surface area contributed by atoms with Crippen LogP contribution in [-0.2, 0) is 12.7 Å². The molecule has 0 radical (unpaired) electrons.